The number of esters is 1. The first-order valence-corrected chi connectivity index (χ1v) is 8.76. The number of aryl methyl sites for hydroxylation is 1. The number of piperidine rings is 1. The molecule has 0 saturated carbocycles. The Labute approximate surface area is 130 Å². The lowest BCUT2D eigenvalue weighted by Crippen LogP contribution is -2.48. The summed E-state index contributed by atoms with van der Waals surface area (Å²) < 4.78 is 45.0. The van der Waals surface area contributed by atoms with Crippen LogP contribution in [0.5, 0.6) is 0 Å². The molecule has 1 saturated heterocycles. The number of benzene rings is 1. The first-order valence-electron chi connectivity index (χ1n) is 7.32. The summed E-state index contributed by atoms with van der Waals surface area (Å²) in [5.74, 6) is -1.01. The second-order valence-corrected chi connectivity index (χ2v) is 7.15. The van der Waals surface area contributed by atoms with E-state index in [4.69, 9.17) is 4.74 Å². The molecule has 122 valence electrons. The van der Waals surface area contributed by atoms with Gasteiger partial charge >= 0.3 is 5.97 Å². The zero-order chi connectivity index (χ0) is 16.3. The molecule has 1 heterocycles. The van der Waals surface area contributed by atoms with E-state index in [0.717, 1.165) is 12.5 Å². The molecule has 1 aromatic carbocycles. The Balaban J connectivity index is 2.38. The Morgan fingerprint density at radius 1 is 1.41 bits per heavy atom. The number of halogens is 1. The fraction of sp³-hybridized carbons (Fsp3) is 0.533. The van der Waals surface area contributed by atoms with Gasteiger partial charge in [0.05, 0.1) is 11.5 Å². The van der Waals surface area contributed by atoms with Gasteiger partial charge in [0.15, 0.2) is 0 Å². The van der Waals surface area contributed by atoms with Crippen molar-refractivity contribution in [2.45, 2.75) is 44.0 Å². The van der Waals surface area contributed by atoms with Gasteiger partial charge in [-0.1, -0.05) is 0 Å². The van der Waals surface area contributed by atoms with E-state index in [9.17, 15) is 17.6 Å². The van der Waals surface area contributed by atoms with Gasteiger partial charge in [-0.15, -0.1) is 0 Å². The zero-order valence-corrected chi connectivity index (χ0v) is 13.5. The van der Waals surface area contributed by atoms with E-state index in [1.54, 1.807) is 13.8 Å². The van der Waals surface area contributed by atoms with Crippen LogP contribution in [0.25, 0.3) is 0 Å². The number of hydrogen-bond donors (Lipinski definition) is 0. The standard InChI is InChI=1S/C15H20FNO4S/c1-3-21-15(18)13-6-4-5-9-17(13)22(19,20)14-8-7-12(16)10-11(14)2/h7-8,10,13H,3-6,9H2,1-2H3. The molecule has 22 heavy (non-hydrogen) atoms. The van der Waals surface area contributed by atoms with Crippen molar-refractivity contribution in [3.05, 3.63) is 29.6 Å². The monoisotopic (exact) mass is 329 g/mol. The van der Waals surface area contributed by atoms with E-state index in [1.807, 2.05) is 0 Å². The van der Waals surface area contributed by atoms with Gasteiger partial charge in [-0.2, -0.15) is 4.31 Å². The average molecular weight is 329 g/mol. The molecule has 5 nitrogen and oxygen atoms in total. The van der Waals surface area contributed by atoms with Crippen LogP contribution in [0, 0.1) is 12.7 Å². The quantitative estimate of drug-likeness (QED) is 0.795. The van der Waals surface area contributed by atoms with Crippen LogP contribution in [0.1, 0.15) is 31.7 Å². The van der Waals surface area contributed by atoms with Crippen molar-refractivity contribution < 1.29 is 22.3 Å². The molecule has 1 aliphatic heterocycles. The molecule has 0 N–H and O–H groups in total. The van der Waals surface area contributed by atoms with Crippen LogP contribution in [0.15, 0.2) is 23.1 Å². The van der Waals surface area contributed by atoms with Crippen LogP contribution >= 0.6 is 0 Å². The van der Waals surface area contributed by atoms with E-state index < -0.39 is 27.9 Å². The summed E-state index contributed by atoms with van der Waals surface area (Å²) in [7, 11) is -3.86. The molecule has 7 heteroatoms. The maximum absolute atomic E-state index is 13.2. The smallest absolute Gasteiger partial charge is 0.324 e. The molecule has 0 radical (unpaired) electrons. The minimum Gasteiger partial charge on any atom is -0.465 e. The number of rotatable bonds is 4. The van der Waals surface area contributed by atoms with Crippen LogP contribution in [-0.2, 0) is 19.6 Å². The van der Waals surface area contributed by atoms with Crippen LogP contribution in [0.3, 0.4) is 0 Å². The molecule has 0 aliphatic carbocycles. The molecule has 2 rings (SSSR count). The minimum atomic E-state index is -3.86. The highest BCUT2D eigenvalue weighted by atomic mass is 32.2. The van der Waals surface area contributed by atoms with Crippen molar-refractivity contribution >= 4 is 16.0 Å². The second-order valence-electron chi connectivity index (χ2n) is 5.29. The number of sulfonamides is 1. The molecule has 1 unspecified atom stereocenters. The minimum absolute atomic E-state index is 0.0325. The van der Waals surface area contributed by atoms with Crippen LogP contribution < -0.4 is 0 Å². The molecule has 0 spiro atoms. The first kappa shape index (κ1) is 16.9. The summed E-state index contributed by atoms with van der Waals surface area (Å²) in [6.07, 6.45) is 1.91. The molecule has 0 amide bonds. The Morgan fingerprint density at radius 2 is 2.14 bits per heavy atom. The van der Waals surface area contributed by atoms with E-state index in [-0.39, 0.29) is 18.0 Å². The first-order chi connectivity index (χ1) is 10.4. The van der Waals surface area contributed by atoms with E-state index in [0.29, 0.717) is 18.4 Å². The van der Waals surface area contributed by atoms with Crippen molar-refractivity contribution in [1.82, 2.24) is 4.31 Å². The van der Waals surface area contributed by atoms with Crippen molar-refractivity contribution in [2.24, 2.45) is 0 Å². The lowest BCUT2D eigenvalue weighted by atomic mass is 10.1. The lowest BCUT2D eigenvalue weighted by Gasteiger charge is -2.33. The van der Waals surface area contributed by atoms with Gasteiger partial charge in [0.1, 0.15) is 11.9 Å². The molecule has 1 aromatic rings. The second kappa shape index (κ2) is 6.75. The Morgan fingerprint density at radius 3 is 2.77 bits per heavy atom. The Kier molecular flexibility index (Phi) is 5.18. The van der Waals surface area contributed by atoms with Gasteiger partial charge in [-0.3, -0.25) is 4.79 Å². The largest absolute Gasteiger partial charge is 0.465 e. The highest BCUT2D eigenvalue weighted by Crippen LogP contribution is 2.28. The lowest BCUT2D eigenvalue weighted by molar-refractivity contribution is -0.148. The van der Waals surface area contributed by atoms with Gasteiger partial charge in [-0.25, -0.2) is 12.8 Å². The summed E-state index contributed by atoms with van der Waals surface area (Å²) in [5, 5.41) is 0. The highest BCUT2D eigenvalue weighted by molar-refractivity contribution is 7.89. The fourth-order valence-electron chi connectivity index (χ4n) is 2.70. The summed E-state index contributed by atoms with van der Waals surface area (Å²) in [6.45, 7) is 3.70. The van der Waals surface area contributed by atoms with E-state index in [2.05, 4.69) is 0 Å². The number of carbonyl (C=O) groups is 1. The van der Waals surface area contributed by atoms with Crippen LogP contribution in [0.2, 0.25) is 0 Å². The predicted octanol–water partition coefficient (Wildman–Crippen LogP) is 2.24. The molecule has 1 fully saturated rings. The molecule has 1 aliphatic rings. The molecule has 0 bridgehead atoms. The molecule has 0 aromatic heterocycles. The number of nitrogens with zero attached hydrogens (tertiary/aromatic N) is 1. The van der Waals surface area contributed by atoms with Gasteiger partial charge in [-0.05, 0) is 56.9 Å². The third kappa shape index (κ3) is 3.30. The summed E-state index contributed by atoms with van der Waals surface area (Å²) in [4.78, 5) is 12.1. The number of ether oxygens (including phenoxy) is 1. The zero-order valence-electron chi connectivity index (χ0n) is 12.7. The van der Waals surface area contributed by atoms with Gasteiger partial charge in [0.25, 0.3) is 0 Å². The summed E-state index contributed by atoms with van der Waals surface area (Å²) in [5.41, 5.74) is 0.327. The third-order valence-corrected chi connectivity index (χ3v) is 5.80. The summed E-state index contributed by atoms with van der Waals surface area (Å²) in [6, 6.07) is 2.74. The van der Waals surface area contributed by atoms with E-state index in [1.165, 1.54) is 16.4 Å². The van der Waals surface area contributed by atoms with Crippen molar-refractivity contribution in [3.8, 4) is 0 Å². The maximum atomic E-state index is 13.2. The Bertz CT molecular complexity index is 660. The predicted molar refractivity (Wildman–Crippen MR) is 79.3 cm³/mol. The highest BCUT2D eigenvalue weighted by Gasteiger charge is 2.39. The van der Waals surface area contributed by atoms with Gasteiger partial charge in [0, 0.05) is 6.54 Å². The average Bonchev–Trinajstić information content (AvgIpc) is 2.47. The topological polar surface area (TPSA) is 63.7 Å². The normalized spacial score (nSPS) is 19.9. The summed E-state index contributed by atoms with van der Waals surface area (Å²) >= 11 is 0. The SMILES string of the molecule is CCOC(=O)C1CCCCN1S(=O)(=O)c1ccc(F)cc1C. The Hall–Kier alpha value is -1.47. The van der Waals surface area contributed by atoms with Crippen molar-refractivity contribution in [2.75, 3.05) is 13.2 Å². The van der Waals surface area contributed by atoms with Crippen molar-refractivity contribution in [1.29, 1.82) is 0 Å². The maximum Gasteiger partial charge on any atom is 0.324 e. The number of carbonyl (C=O) groups excluding carboxylic acids is 1. The van der Waals surface area contributed by atoms with E-state index >= 15 is 0 Å². The van der Waals surface area contributed by atoms with Crippen LogP contribution in [0.4, 0.5) is 4.39 Å². The molecule has 1 atom stereocenters. The van der Waals surface area contributed by atoms with Crippen molar-refractivity contribution in [3.63, 3.8) is 0 Å². The molecular formula is C15H20FNO4S. The van der Waals surface area contributed by atoms with Gasteiger partial charge < -0.3 is 4.74 Å². The fourth-order valence-corrected chi connectivity index (χ4v) is 4.55. The number of hydrogen-bond acceptors (Lipinski definition) is 4. The van der Waals surface area contributed by atoms with Gasteiger partial charge in [0.2, 0.25) is 10.0 Å². The van der Waals surface area contributed by atoms with Crippen LogP contribution in [-0.4, -0.2) is 37.9 Å². The molecular weight excluding hydrogens is 309 g/mol. The third-order valence-electron chi connectivity index (χ3n) is 3.74.